The van der Waals surface area contributed by atoms with Gasteiger partial charge in [0.15, 0.2) is 0 Å². The molecule has 0 saturated heterocycles. The number of benzene rings is 2. The molecule has 0 radical (unpaired) electrons. The number of hydrogen-bond acceptors (Lipinski definition) is 3. The summed E-state index contributed by atoms with van der Waals surface area (Å²) in [5.41, 5.74) is 3.42. The van der Waals surface area contributed by atoms with Crippen molar-refractivity contribution in [1.29, 1.82) is 0 Å². The molecule has 0 atom stereocenters. The molecule has 0 saturated carbocycles. The molecule has 5 heteroatoms. The van der Waals surface area contributed by atoms with Crippen LogP contribution >= 0.6 is 11.6 Å². The predicted molar refractivity (Wildman–Crippen MR) is 83.4 cm³/mol. The monoisotopic (exact) mass is 305 g/mol. The van der Waals surface area contributed by atoms with Crippen molar-refractivity contribution in [1.82, 2.24) is 0 Å². The van der Waals surface area contributed by atoms with Crippen molar-refractivity contribution in [2.45, 2.75) is 26.7 Å². The maximum atomic E-state index is 10.9. The number of nitrogens with zero attached hydrogens (tertiary/aromatic N) is 1. The highest BCUT2D eigenvalue weighted by molar-refractivity contribution is 6.17. The summed E-state index contributed by atoms with van der Waals surface area (Å²) >= 11 is 5.80. The molecule has 0 aromatic heterocycles. The molecule has 0 heterocycles. The van der Waals surface area contributed by atoms with Gasteiger partial charge in [-0.3, -0.25) is 10.1 Å². The maximum absolute atomic E-state index is 10.9. The third-order valence-corrected chi connectivity index (χ3v) is 3.61. The molecule has 0 bridgehead atoms. The SMILES string of the molecule is Cc1cc(CCl)ccc1Oc1cc(C)c([N+](=O)[O-])cc1C. The molecular weight excluding hydrogens is 290 g/mol. The standard InChI is InChI=1S/C16H16ClNO3/c1-10-8-16(12(3)7-14(10)18(19)20)21-15-5-4-13(9-17)6-11(15)2/h4-8H,9H2,1-3H3. The largest absolute Gasteiger partial charge is 0.457 e. The lowest BCUT2D eigenvalue weighted by atomic mass is 10.1. The number of nitro groups is 1. The summed E-state index contributed by atoms with van der Waals surface area (Å²) < 4.78 is 5.89. The minimum atomic E-state index is -0.382. The number of alkyl halides is 1. The van der Waals surface area contributed by atoms with E-state index >= 15 is 0 Å². The third-order valence-electron chi connectivity index (χ3n) is 3.30. The van der Waals surface area contributed by atoms with E-state index < -0.39 is 0 Å². The summed E-state index contributed by atoms with van der Waals surface area (Å²) in [6, 6.07) is 8.97. The Bertz CT molecular complexity index is 698. The predicted octanol–water partition coefficient (Wildman–Crippen LogP) is 5.05. The second-order valence-electron chi connectivity index (χ2n) is 5.00. The van der Waals surface area contributed by atoms with Gasteiger partial charge in [0.2, 0.25) is 0 Å². The van der Waals surface area contributed by atoms with Gasteiger partial charge < -0.3 is 4.74 Å². The number of hydrogen-bond donors (Lipinski definition) is 0. The lowest BCUT2D eigenvalue weighted by molar-refractivity contribution is -0.385. The smallest absolute Gasteiger partial charge is 0.272 e. The highest BCUT2D eigenvalue weighted by Crippen LogP contribution is 2.32. The number of rotatable bonds is 4. The minimum Gasteiger partial charge on any atom is -0.457 e. The lowest BCUT2D eigenvalue weighted by Gasteiger charge is -2.12. The van der Waals surface area contributed by atoms with Crippen molar-refractivity contribution in [3.63, 3.8) is 0 Å². The zero-order chi connectivity index (χ0) is 15.6. The first-order valence-electron chi connectivity index (χ1n) is 6.51. The highest BCUT2D eigenvalue weighted by atomic mass is 35.5. The Morgan fingerprint density at radius 2 is 1.71 bits per heavy atom. The van der Waals surface area contributed by atoms with E-state index in [-0.39, 0.29) is 10.6 Å². The van der Waals surface area contributed by atoms with E-state index in [1.54, 1.807) is 19.9 Å². The molecule has 0 fully saturated rings. The Morgan fingerprint density at radius 3 is 2.29 bits per heavy atom. The minimum absolute atomic E-state index is 0.106. The summed E-state index contributed by atoms with van der Waals surface area (Å²) in [5.74, 6) is 1.80. The van der Waals surface area contributed by atoms with Crippen LogP contribution in [0, 0.1) is 30.9 Å². The van der Waals surface area contributed by atoms with Crippen molar-refractivity contribution < 1.29 is 9.66 Å². The molecule has 0 aliphatic rings. The molecule has 2 rings (SSSR count). The van der Waals surface area contributed by atoms with E-state index in [0.29, 0.717) is 17.2 Å². The van der Waals surface area contributed by atoms with Gasteiger partial charge in [-0.15, -0.1) is 11.6 Å². The Morgan fingerprint density at radius 1 is 1.05 bits per heavy atom. The summed E-state index contributed by atoms with van der Waals surface area (Å²) in [6.07, 6.45) is 0. The first kappa shape index (κ1) is 15.3. The molecule has 0 aliphatic carbocycles. The van der Waals surface area contributed by atoms with Crippen molar-refractivity contribution in [3.05, 3.63) is 62.7 Å². The molecular formula is C16H16ClNO3. The van der Waals surface area contributed by atoms with Gasteiger partial charge in [-0.2, -0.15) is 0 Å². The van der Waals surface area contributed by atoms with E-state index in [0.717, 1.165) is 22.4 Å². The summed E-state index contributed by atoms with van der Waals surface area (Å²) in [6.45, 7) is 5.44. The van der Waals surface area contributed by atoms with Crippen molar-refractivity contribution >= 4 is 17.3 Å². The molecule has 2 aromatic carbocycles. The van der Waals surface area contributed by atoms with E-state index in [1.807, 2.05) is 25.1 Å². The fourth-order valence-corrected chi connectivity index (χ4v) is 2.27. The van der Waals surface area contributed by atoms with Crippen LogP contribution in [-0.2, 0) is 5.88 Å². The quantitative estimate of drug-likeness (QED) is 0.451. The second kappa shape index (κ2) is 6.14. The molecule has 110 valence electrons. The van der Waals surface area contributed by atoms with Gasteiger partial charge in [0.1, 0.15) is 11.5 Å². The van der Waals surface area contributed by atoms with Crippen LogP contribution < -0.4 is 4.74 Å². The van der Waals surface area contributed by atoms with Gasteiger partial charge in [0.25, 0.3) is 5.69 Å². The fourth-order valence-electron chi connectivity index (χ4n) is 2.11. The normalized spacial score (nSPS) is 10.5. The molecule has 0 amide bonds. The van der Waals surface area contributed by atoms with Crippen LogP contribution in [0.15, 0.2) is 30.3 Å². The number of aryl methyl sites for hydroxylation is 3. The number of nitro benzene ring substituents is 1. The topological polar surface area (TPSA) is 52.4 Å². The van der Waals surface area contributed by atoms with Gasteiger partial charge in [0, 0.05) is 17.5 Å². The Labute approximate surface area is 128 Å². The maximum Gasteiger partial charge on any atom is 0.272 e. The molecule has 0 aliphatic heterocycles. The van der Waals surface area contributed by atoms with E-state index in [9.17, 15) is 10.1 Å². The van der Waals surface area contributed by atoms with Crippen LogP contribution in [0.4, 0.5) is 5.69 Å². The van der Waals surface area contributed by atoms with Crippen molar-refractivity contribution in [2.24, 2.45) is 0 Å². The highest BCUT2D eigenvalue weighted by Gasteiger charge is 2.15. The van der Waals surface area contributed by atoms with E-state index in [4.69, 9.17) is 16.3 Å². The summed E-state index contributed by atoms with van der Waals surface area (Å²) in [5, 5.41) is 10.9. The van der Waals surface area contributed by atoms with E-state index in [2.05, 4.69) is 0 Å². The molecule has 0 spiro atoms. The fraction of sp³-hybridized carbons (Fsp3) is 0.250. The number of halogens is 1. The molecule has 21 heavy (non-hydrogen) atoms. The van der Waals surface area contributed by atoms with Crippen molar-refractivity contribution in [3.8, 4) is 11.5 Å². The van der Waals surface area contributed by atoms with Gasteiger partial charge >= 0.3 is 0 Å². The van der Waals surface area contributed by atoms with Gasteiger partial charge in [0.05, 0.1) is 4.92 Å². The summed E-state index contributed by atoms with van der Waals surface area (Å²) in [7, 11) is 0. The van der Waals surface area contributed by atoms with Gasteiger partial charge in [-0.05, 0) is 49.6 Å². The van der Waals surface area contributed by atoms with Gasteiger partial charge in [-0.25, -0.2) is 0 Å². The first-order valence-corrected chi connectivity index (χ1v) is 7.05. The van der Waals surface area contributed by atoms with Crippen LogP contribution in [-0.4, -0.2) is 4.92 Å². The van der Waals surface area contributed by atoms with E-state index in [1.165, 1.54) is 6.07 Å². The lowest BCUT2D eigenvalue weighted by Crippen LogP contribution is -1.96. The summed E-state index contributed by atoms with van der Waals surface area (Å²) in [4.78, 5) is 10.5. The number of ether oxygens (including phenoxy) is 1. The van der Waals surface area contributed by atoms with Crippen LogP contribution in [0.1, 0.15) is 22.3 Å². The first-order chi connectivity index (χ1) is 9.92. The van der Waals surface area contributed by atoms with Gasteiger partial charge in [-0.1, -0.05) is 12.1 Å². The molecule has 0 unspecified atom stereocenters. The average Bonchev–Trinajstić information content (AvgIpc) is 2.44. The Hall–Kier alpha value is -2.07. The average molecular weight is 306 g/mol. The third kappa shape index (κ3) is 3.34. The van der Waals surface area contributed by atoms with Crippen molar-refractivity contribution in [2.75, 3.05) is 0 Å². The van der Waals surface area contributed by atoms with Crippen LogP contribution in [0.25, 0.3) is 0 Å². The molecule has 0 N–H and O–H groups in total. The Balaban J connectivity index is 2.36. The Kier molecular flexibility index (Phi) is 4.48. The van der Waals surface area contributed by atoms with Crippen LogP contribution in [0.2, 0.25) is 0 Å². The molecule has 2 aromatic rings. The second-order valence-corrected chi connectivity index (χ2v) is 5.26. The van der Waals surface area contributed by atoms with Crippen LogP contribution in [0.3, 0.4) is 0 Å². The zero-order valence-electron chi connectivity index (χ0n) is 12.1. The zero-order valence-corrected chi connectivity index (χ0v) is 12.9. The van der Waals surface area contributed by atoms with Crippen LogP contribution in [0.5, 0.6) is 11.5 Å². The molecule has 4 nitrogen and oxygen atoms in total.